The number of hydrogen-bond donors (Lipinski definition) is 1. The van der Waals surface area contributed by atoms with Gasteiger partial charge in [0.2, 0.25) is 5.91 Å². The molecule has 154 valence electrons. The molecule has 29 heavy (non-hydrogen) atoms. The van der Waals surface area contributed by atoms with Gasteiger partial charge < -0.3 is 15.5 Å². The van der Waals surface area contributed by atoms with Crippen LogP contribution >= 0.6 is 23.1 Å². The minimum Gasteiger partial charge on any atom is -0.383 e. The number of aryl methyl sites for hydroxylation is 2. The number of halogens is 1. The van der Waals surface area contributed by atoms with Crippen molar-refractivity contribution in [1.29, 1.82) is 0 Å². The molecule has 2 aromatic rings. The van der Waals surface area contributed by atoms with Gasteiger partial charge >= 0.3 is 0 Å². The molecule has 2 aliphatic rings. The SMILES string of the molecule is Cc1sc2nc(SCC(=O)N3CCN(C4=CCCC=C4F)CC3)nc(N)c2c1C. The van der Waals surface area contributed by atoms with E-state index in [1.165, 1.54) is 16.6 Å². The third kappa shape index (κ3) is 4.11. The molecule has 1 fully saturated rings. The van der Waals surface area contributed by atoms with Crippen LogP contribution in [0.15, 0.2) is 28.8 Å². The summed E-state index contributed by atoms with van der Waals surface area (Å²) in [5.74, 6) is 0.640. The summed E-state index contributed by atoms with van der Waals surface area (Å²) in [5, 5.41) is 1.44. The van der Waals surface area contributed by atoms with Crippen molar-refractivity contribution in [3.63, 3.8) is 0 Å². The zero-order valence-corrected chi connectivity index (χ0v) is 18.2. The van der Waals surface area contributed by atoms with Gasteiger partial charge in [0.05, 0.1) is 16.8 Å². The van der Waals surface area contributed by atoms with E-state index in [0.29, 0.717) is 42.9 Å². The molecule has 0 unspecified atom stereocenters. The summed E-state index contributed by atoms with van der Waals surface area (Å²) in [7, 11) is 0. The molecule has 1 aliphatic carbocycles. The number of nitrogens with zero attached hydrogens (tertiary/aromatic N) is 4. The van der Waals surface area contributed by atoms with Crippen molar-refractivity contribution in [2.45, 2.75) is 31.8 Å². The molecule has 0 aromatic carbocycles. The highest BCUT2D eigenvalue weighted by Gasteiger charge is 2.25. The minimum absolute atomic E-state index is 0.0455. The zero-order chi connectivity index (χ0) is 20.5. The molecule has 9 heteroatoms. The Hall–Kier alpha value is -2.13. The van der Waals surface area contributed by atoms with Crippen molar-refractivity contribution in [1.82, 2.24) is 19.8 Å². The Balaban J connectivity index is 1.34. The molecule has 3 heterocycles. The lowest BCUT2D eigenvalue weighted by molar-refractivity contribution is -0.129. The number of rotatable bonds is 4. The lowest BCUT2D eigenvalue weighted by Crippen LogP contribution is -2.49. The number of piperazine rings is 1. The Morgan fingerprint density at radius 2 is 1.93 bits per heavy atom. The third-order valence-corrected chi connectivity index (χ3v) is 7.34. The summed E-state index contributed by atoms with van der Waals surface area (Å²) in [6.07, 6.45) is 5.22. The molecule has 0 saturated carbocycles. The van der Waals surface area contributed by atoms with Gasteiger partial charge in [0.25, 0.3) is 0 Å². The highest BCUT2D eigenvalue weighted by molar-refractivity contribution is 7.99. The number of aromatic nitrogens is 2. The molecule has 0 atom stereocenters. The summed E-state index contributed by atoms with van der Waals surface area (Å²) in [6, 6.07) is 0. The first-order chi connectivity index (χ1) is 13.9. The normalized spacial score (nSPS) is 17.5. The fraction of sp³-hybridized carbons (Fsp3) is 0.450. The van der Waals surface area contributed by atoms with Crippen LogP contribution in [0, 0.1) is 13.8 Å². The van der Waals surface area contributed by atoms with E-state index in [0.717, 1.165) is 28.6 Å². The van der Waals surface area contributed by atoms with E-state index in [-0.39, 0.29) is 17.5 Å². The summed E-state index contributed by atoms with van der Waals surface area (Å²) in [4.78, 5) is 27.5. The standard InChI is InChI=1S/C20H24FN5OS2/c1-12-13(2)29-19-17(12)18(22)23-20(24-19)28-11-16(27)26-9-7-25(8-10-26)15-6-4-3-5-14(15)21/h5-6H,3-4,7-11H2,1-2H3,(H2,22,23,24). The number of hydrogen-bond acceptors (Lipinski definition) is 7. The number of allylic oxidation sites excluding steroid dienone is 3. The Labute approximate surface area is 177 Å². The van der Waals surface area contributed by atoms with Crippen LogP contribution in [0.4, 0.5) is 10.2 Å². The average Bonchev–Trinajstić information content (AvgIpc) is 3.00. The number of carbonyl (C=O) groups is 1. The summed E-state index contributed by atoms with van der Waals surface area (Å²) < 4.78 is 14.0. The number of thioether (sulfide) groups is 1. The second-order valence-electron chi connectivity index (χ2n) is 7.23. The number of carbonyl (C=O) groups excluding carboxylic acids is 1. The van der Waals surface area contributed by atoms with Crippen molar-refractivity contribution in [2.24, 2.45) is 0 Å². The summed E-state index contributed by atoms with van der Waals surface area (Å²) >= 11 is 2.91. The van der Waals surface area contributed by atoms with Crippen LogP contribution in [0.1, 0.15) is 23.3 Å². The van der Waals surface area contributed by atoms with Crippen LogP contribution < -0.4 is 5.73 Å². The topological polar surface area (TPSA) is 75.4 Å². The van der Waals surface area contributed by atoms with Gasteiger partial charge in [-0.3, -0.25) is 4.79 Å². The lowest BCUT2D eigenvalue weighted by Gasteiger charge is -2.37. The molecule has 4 rings (SSSR count). The fourth-order valence-corrected chi connectivity index (χ4v) is 5.50. The molecule has 0 radical (unpaired) electrons. The Morgan fingerprint density at radius 3 is 2.66 bits per heavy atom. The van der Waals surface area contributed by atoms with Crippen molar-refractivity contribution in [2.75, 3.05) is 37.7 Å². The maximum atomic E-state index is 14.0. The molecule has 1 saturated heterocycles. The Morgan fingerprint density at radius 1 is 1.21 bits per heavy atom. The maximum Gasteiger partial charge on any atom is 0.233 e. The van der Waals surface area contributed by atoms with Crippen molar-refractivity contribution < 1.29 is 9.18 Å². The molecule has 2 N–H and O–H groups in total. The quantitative estimate of drug-likeness (QED) is 0.586. The van der Waals surface area contributed by atoms with E-state index in [9.17, 15) is 9.18 Å². The van der Waals surface area contributed by atoms with Gasteiger partial charge in [0, 0.05) is 31.1 Å². The largest absolute Gasteiger partial charge is 0.383 e. The monoisotopic (exact) mass is 433 g/mol. The fourth-order valence-electron chi connectivity index (χ4n) is 3.65. The molecule has 2 aromatic heterocycles. The molecule has 1 amide bonds. The zero-order valence-electron chi connectivity index (χ0n) is 16.6. The molecule has 0 bridgehead atoms. The maximum absolute atomic E-state index is 14.0. The first-order valence-electron chi connectivity index (χ1n) is 9.69. The first-order valence-corrected chi connectivity index (χ1v) is 11.5. The van der Waals surface area contributed by atoms with Crippen molar-refractivity contribution in [3.05, 3.63) is 34.1 Å². The first kappa shape index (κ1) is 20.2. The van der Waals surface area contributed by atoms with Gasteiger partial charge in [-0.05, 0) is 38.3 Å². The number of thiophene rings is 1. The number of amides is 1. The van der Waals surface area contributed by atoms with Crippen molar-refractivity contribution >= 4 is 45.0 Å². The van der Waals surface area contributed by atoms with Crippen molar-refractivity contribution in [3.8, 4) is 0 Å². The van der Waals surface area contributed by atoms with E-state index in [4.69, 9.17) is 5.73 Å². The van der Waals surface area contributed by atoms with E-state index < -0.39 is 0 Å². The predicted octanol–water partition coefficient (Wildman–Crippen LogP) is 3.66. The number of anilines is 1. The highest BCUT2D eigenvalue weighted by atomic mass is 32.2. The Kier molecular flexibility index (Phi) is 5.78. The van der Waals surface area contributed by atoms with Crippen LogP contribution in [-0.2, 0) is 4.79 Å². The van der Waals surface area contributed by atoms with Gasteiger partial charge in [0.15, 0.2) is 5.16 Å². The summed E-state index contributed by atoms with van der Waals surface area (Å²) in [6.45, 7) is 6.54. The van der Waals surface area contributed by atoms with Crippen LogP contribution in [0.3, 0.4) is 0 Å². The van der Waals surface area contributed by atoms with Gasteiger partial charge in [-0.25, -0.2) is 14.4 Å². The second kappa shape index (κ2) is 8.31. The minimum atomic E-state index is -0.143. The lowest BCUT2D eigenvalue weighted by atomic mass is 10.1. The van der Waals surface area contributed by atoms with E-state index >= 15 is 0 Å². The molecule has 6 nitrogen and oxygen atoms in total. The van der Waals surface area contributed by atoms with Crippen LogP contribution in [0.2, 0.25) is 0 Å². The van der Waals surface area contributed by atoms with Crippen LogP contribution in [0.5, 0.6) is 0 Å². The Bertz CT molecular complexity index is 1010. The van der Waals surface area contributed by atoms with Gasteiger partial charge in [-0.2, -0.15) is 0 Å². The van der Waals surface area contributed by atoms with Gasteiger partial charge in [-0.15, -0.1) is 11.3 Å². The predicted molar refractivity (Wildman–Crippen MR) is 117 cm³/mol. The van der Waals surface area contributed by atoms with E-state index in [2.05, 4.69) is 9.97 Å². The van der Waals surface area contributed by atoms with E-state index in [1.54, 1.807) is 17.4 Å². The second-order valence-corrected chi connectivity index (χ2v) is 9.38. The molecule has 1 aliphatic heterocycles. The summed E-state index contributed by atoms with van der Waals surface area (Å²) in [5.41, 5.74) is 7.91. The van der Waals surface area contributed by atoms with E-state index in [1.807, 2.05) is 29.7 Å². The molecular formula is C20H24FN5OS2. The van der Waals surface area contributed by atoms with Crippen LogP contribution in [0.25, 0.3) is 10.2 Å². The number of nitrogen functional groups attached to an aromatic ring is 1. The number of fused-ring (bicyclic) bond motifs is 1. The van der Waals surface area contributed by atoms with Gasteiger partial charge in [0.1, 0.15) is 16.5 Å². The average molecular weight is 434 g/mol. The highest BCUT2D eigenvalue weighted by Crippen LogP contribution is 2.33. The van der Waals surface area contributed by atoms with Crippen LogP contribution in [-0.4, -0.2) is 57.6 Å². The smallest absolute Gasteiger partial charge is 0.233 e. The van der Waals surface area contributed by atoms with Gasteiger partial charge in [-0.1, -0.05) is 17.8 Å². The molecular weight excluding hydrogens is 409 g/mol. The third-order valence-electron chi connectivity index (χ3n) is 5.41. The molecule has 0 spiro atoms. The number of nitrogens with two attached hydrogens (primary N) is 1.